The van der Waals surface area contributed by atoms with E-state index in [0.29, 0.717) is 0 Å². The standard InChI is InChI=1S/C16H22N2O/c1-17-11-14-3-2-4-16-15(14)5-8-18(16)12-13-6-9-19-10-7-13/h2-5,8,13,17H,6-7,9-12H2,1H3. The Labute approximate surface area is 114 Å². The van der Waals surface area contributed by atoms with Crippen molar-refractivity contribution >= 4 is 10.9 Å². The molecule has 1 aromatic heterocycles. The normalized spacial score (nSPS) is 17.1. The molecule has 3 rings (SSSR count). The maximum atomic E-state index is 5.44. The molecule has 19 heavy (non-hydrogen) atoms. The highest BCUT2D eigenvalue weighted by atomic mass is 16.5. The van der Waals surface area contributed by atoms with Crippen molar-refractivity contribution in [3.8, 4) is 0 Å². The van der Waals surface area contributed by atoms with Crippen molar-refractivity contribution in [2.45, 2.75) is 25.9 Å². The quantitative estimate of drug-likeness (QED) is 0.912. The minimum absolute atomic E-state index is 0.761. The van der Waals surface area contributed by atoms with Crippen LogP contribution in [0.25, 0.3) is 10.9 Å². The second-order valence-electron chi connectivity index (χ2n) is 5.40. The zero-order valence-corrected chi connectivity index (χ0v) is 11.6. The number of rotatable bonds is 4. The van der Waals surface area contributed by atoms with Crippen LogP contribution >= 0.6 is 0 Å². The average molecular weight is 258 g/mol. The van der Waals surface area contributed by atoms with Gasteiger partial charge in [0.2, 0.25) is 0 Å². The van der Waals surface area contributed by atoms with E-state index >= 15 is 0 Å². The minimum atomic E-state index is 0.761. The van der Waals surface area contributed by atoms with Crippen molar-refractivity contribution in [3.05, 3.63) is 36.0 Å². The molecule has 0 amide bonds. The molecule has 1 aromatic carbocycles. The summed E-state index contributed by atoms with van der Waals surface area (Å²) in [5, 5.41) is 4.62. The first-order chi connectivity index (χ1) is 9.38. The van der Waals surface area contributed by atoms with E-state index in [4.69, 9.17) is 4.74 Å². The van der Waals surface area contributed by atoms with Crippen molar-refractivity contribution in [2.75, 3.05) is 20.3 Å². The molecule has 1 fully saturated rings. The van der Waals surface area contributed by atoms with Gasteiger partial charge in [0.25, 0.3) is 0 Å². The second-order valence-corrected chi connectivity index (χ2v) is 5.40. The van der Waals surface area contributed by atoms with Crippen LogP contribution in [0.3, 0.4) is 0 Å². The monoisotopic (exact) mass is 258 g/mol. The third-order valence-corrected chi connectivity index (χ3v) is 4.07. The van der Waals surface area contributed by atoms with Gasteiger partial charge in [0.15, 0.2) is 0 Å². The number of fused-ring (bicyclic) bond motifs is 1. The molecule has 1 N–H and O–H groups in total. The van der Waals surface area contributed by atoms with Gasteiger partial charge in [-0.1, -0.05) is 12.1 Å². The summed E-state index contributed by atoms with van der Waals surface area (Å²) in [6.07, 6.45) is 4.62. The van der Waals surface area contributed by atoms with Gasteiger partial charge in [-0.15, -0.1) is 0 Å². The molecule has 0 radical (unpaired) electrons. The number of hydrogen-bond acceptors (Lipinski definition) is 2. The van der Waals surface area contributed by atoms with Gasteiger partial charge in [-0.3, -0.25) is 0 Å². The number of nitrogens with one attached hydrogen (secondary N) is 1. The smallest absolute Gasteiger partial charge is 0.0483 e. The number of aromatic nitrogens is 1. The Morgan fingerprint density at radius 3 is 2.89 bits per heavy atom. The van der Waals surface area contributed by atoms with Crippen LogP contribution in [0.1, 0.15) is 18.4 Å². The average Bonchev–Trinajstić information content (AvgIpc) is 2.85. The highest BCUT2D eigenvalue weighted by molar-refractivity contribution is 5.83. The zero-order chi connectivity index (χ0) is 13.1. The number of nitrogens with zero attached hydrogens (tertiary/aromatic N) is 1. The molecule has 2 heterocycles. The van der Waals surface area contributed by atoms with Crippen LogP contribution in [0.15, 0.2) is 30.5 Å². The molecule has 0 spiro atoms. The van der Waals surface area contributed by atoms with Crippen molar-refractivity contribution in [1.29, 1.82) is 0 Å². The van der Waals surface area contributed by atoms with Crippen LogP contribution in [-0.2, 0) is 17.8 Å². The lowest BCUT2D eigenvalue weighted by molar-refractivity contribution is 0.0616. The van der Waals surface area contributed by atoms with Crippen LogP contribution in [0.4, 0.5) is 0 Å². The van der Waals surface area contributed by atoms with Crippen LogP contribution in [0, 0.1) is 5.92 Å². The molecule has 0 atom stereocenters. The number of benzene rings is 1. The summed E-state index contributed by atoms with van der Waals surface area (Å²) in [6, 6.07) is 8.85. The summed E-state index contributed by atoms with van der Waals surface area (Å²) < 4.78 is 7.85. The lowest BCUT2D eigenvalue weighted by Crippen LogP contribution is -2.20. The Kier molecular flexibility index (Phi) is 3.85. The Bertz CT molecular complexity index is 541. The molecule has 1 saturated heterocycles. The first kappa shape index (κ1) is 12.7. The maximum Gasteiger partial charge on any atom is 0.0483 e. The predicted molar refractivity (Wildman–Crippen MR) is 78.2 cm³/mol. The summed E-state index contributed by atoms with van der Waals surface area (Å²) in [7, 11) is 2.00. The van der Waals surface area contributed by atoms with Crippen molar-refractivity contribution in [2.24, 2.45) is 5.92 Å². The highest BCUT2D eigenvalue weighted by Gasteiger charge is 2.15. The van der Waals surface area contributed by atoms with E-state index in [0.717, 1.165) is 32.2 Å². The molecule has 3 nitrogen and oxygen atoms in total. The summed E-state index contributed by atoms with van der Waals surface area (Å²) in [6.45, 7) is 3.90. The van der Waals surface area contributed by atoms with E-state index in [9.17, 15) is 0 Å². The summed E-state index contributed by atoms with van der Waals surface area (Å²) in [4.78, 5) is 0. The molecule has 0 unspecified atom stereocenters. The fourth-order valence-electron chi connectivity index (χ4n) is 3.00. The molecule has 0 bridgehead atoms. The van der Waals surface area contributed by atoms with Gasteiger partial charge in [-0.2, -0.15) is 0 Å². The van der Waals surface area contributed by atoms with E-state index in [1.807, 2.05) is 7.05 Å². The molecular formula is C16H22N2O. The van der Waals surface area contributed by atoms with Crippen molar-refractivity contribution in [1.82, 2.24) is 9.88 Å². The van der Waals surface area contributed by atoms with Gasteiger partial charge >= 0.3 is 0 Å². The highest BCUT2D eigenvalue weighted by Crippen LogP contribution is 2.24. The van der Waals surface area contributed by atoms with Crippen LogP contribution in [0.5, 0.6) is 0 Å². The fraction of sp³-hybridized carbons (Fsp3) is 0.500. The molecule has 1 aliphatic heterocycles. The molecule has 0 aliphatic carbocycles. The maximum absolute atomic E-state index is 5.44. The topological polar surface area (TPSA) is 26.2 Å². The van der Waals surface area contributed by atoms with E-state index in [-0.39, 0.29) is 0 Å². The van der Waals surface area contributed by atoms with Crippen molar-refractivity contribution < 1.29 is 4.74 Å². The van der Waals surface area contributed by atoms with E-state index in [1.54, 1.807) is 0 Å². The third-order valence-electron chi connectivity index (χ3n) is 4.07. The lowest BCUT2D eigenvalue weighted by atomic mass is 10.0. The number of hydrogen-bond donors (Lipinski definition) is 1. The first-order valence-electron chi connectivity index (χ1n) is 7.17. The van der Waals surface area contributed by atoms with E-state index in [2.05, 4.69) is 40.3 Å². The molecule has 0 saturated carbocycles. The summed E-state index contributed by atoms with van der Waals surface area (Å²) >= 11 is 0. The van der Waals surface area contributed by atoms with Crippen LogP contribution < -0.4 is 5.32 Å². The molecule has 3 heteroatoms. The van der Waals surface area contributed by atoms with Gasteiger partial charge in [-0.05, 0) is 43.5 Å². The van der Waals surface area contributed by atoms with Gasteiger partial charge in [0.05, 0.1) is 0 Å². The Hall–Kier alpha value is -1.32. The fourth-order valence-corrected chi connectivity index (χ4v) is 3.00. The van der Waals surface area contributed by atoms with Gasteiger partial charge < -0.3 is 14.6 Å². The Balaban J connectivity index is 1.85. The van der Waals surface area contributed by atoms with Crippen LogP contribution in [0.2, 0.25) is 0 Å². The van der Waals surface area contributed by atoms with E-state index < -0.39 is 0 Å². The largest absolute Gasteiger partial charge is 0.381 e. The number of ether oxygens (including phenoxy) is 1. The van der Waals surface area contributed by atoms with Crippen molar-refractivity contribution in [3.63, 3.8) is 0 Å². The van der Waals surface area contributed by atoms with Crippen LogP contribution in [-0.4, -0.2) is 24.8 Å². The Morgan fingerprint density at radius 1 is 1.26 bits per heavy atom. The molecule has 102 valence electrons. The minimum Gasteiger partial charge on any atom is -0.381 e. The summed E-state index contributed by atoms with van der Waals surface area (Å²) in [5.74, 6) is 0.761. The molecule has 2 aromatic rings. The SMILES string of the molecule is CNCc1cccc2c1ccn2CC1CCOCC1. The predicted octanol–water partition coefficient (Wildman–Crippen LogP) is 2.79. The molecular weight excluding hydrogens is 236 g/mol. The first-order valence-corrected chi connectivity index (χ1v) is 7.17. The Morgan fingerprint density at radius 2 is 2.11 bits per heavy atom. The lowest BCUT2D eigenvalue weighted by Gasteiger charge is -2.22. The summed E-state index contributed by atoms with van der Waals surface area (Å²) in [5.41, 5.74) is 2.74. The van der Waals surface area contributed by atoms with Gasteiger partial charge in [0, 0.05) is 43.4 Å². The van der Waals surface area contributed by atoms with Gasteiger partial charge in [-0.25, -0.2) is 0 Å². The second kappa shape index (κ2) is 5.76. The zero-order valence-electron chi connectivity index (χ0n) is 11.6. The van der Waals surface area contributed by atoms with Gasteiger partial charge in [0.1, 0.15) is 0 Å². The van der Waals surface area contributed by atoms with E-state index in [1.165, 1.54) is 29.3 Å². The molecule has 1 aliphatic rings. The third kappa shape index (κ3) is 2.67.